The van der Waals surface area contributed by atoms with Gasteiger partial charge in [0.2, 0.25) is 0 Å². The van der Waals surface area contributed by atoms with Gasteiger partial charge in [-0.15, -0.1) is 0 Å². The Kier molecular flexibility index (Phi) is 3.80. The van der Waals surface area contributed by atoms with Crippen LogP contribution in [0.3, 0.4) is 0 Å². The molecule has 0 N–H and O–H groups in total. The van der Waals surface area contributed by atoms with Gasteiger partial charge in [-0.05, 0) is 12.1 Å². The van der Waals surface area contributed by atoms with Gasteiger partial charge >= 0.3 is 6.03 Å². The van der Waals surface area contributed by atoms with E-state index in [9.17, 15) is 9.59 Å². The molecule has 1 aromatic carbocycles. The van der Waals surface area contributed by atoms with Crippen molar-refractivity contribution < 1.29 is 19.1 Å². The number of carbonyl (C=O) groups excluding carboxylic acids is 2. The van der Waals surface area contributed by atoms with E-state index in [1.807, 2.05) is 23.1 Å². The molecule has 3 heterocycles. The van der Waals surface area contributed by atoms with Crippen molar-refractivity contribution in [3.63, 3.8) is 0 Å². The number of likely N-dealkylation sites (N-methyl/N-ethyl adjacent to an activating group) is 1. The van der Waals surface area contributed by atoms with Gasteiger partial charge in [0.1, 0.15) is 11.9 Å². The minimum absolute atomic E-state index is 0.00380. The molecule has 2 fully saturated rings. The van der Waals surface area contributed by atoms with E-state index in [1.54, 1.807) is 22.9 Å². The van der Waals surface area contributed by atoms with Gasteiger partial charge in [-0.2, -0.15) is 0 Å². The molecule has 0 aromatic heterocycles. The van der Waals surface area contributed by atoms with E-state index in [1.165, 1.54) is 0 Å². The van der Waals surface area contributed by atoms with Crippen molar-refractivity contribution in [3.8, 4) is 5.75 Å². The predicted molar refractivity (Wildman–Crippen MR) is 86.1 cm³/mol. The summed E-state index contributed by atoms with van der Waals surface area (Å²) < 4.78 is 11.4. The van der Waals surface area contributed by atoms with E-state index in [2.05, 4.69) is 0 Å². The molecule has 3 aliphatic rings. The number of benzene rings is 1. The molecule has 128 valence electrons. The Balaban J connectivity index is 1.54. The van der Waals surface area contributed by atoms with Crippen LogP contribution in [0.5, 0.6) is 5.75 Å². The van der Waals surface area contributed by atoms with Crippen LogP contribution in [-0.4, -0.2) is 85.2 Å². The lowest BCUT2D eigenvalue weighted by Crippen LogP contribution is -2.48. The second-order valence-corrected chi connectivity index (χ2v) is 6.42. The predicted octanol–water partition coefficient (Wildman–Crippen LogP) is 0.656. The molecule has 1 aromatic rings. The Morgan fingerprint density at radius 1 is 1.12 bits per heavy atom. The number of morpholine rings is 1. The smallest absolute Gasteiger partial charge is 0.320 e. The Morgan fingerprint density at radius 2 is 1.88 bits per heavy atom. The minimum Gasteiger partial charge on any atom is -0.486 e. The van der Waals surface area contributed by atoms with Crippen molar-refractivity contribution in [2.75, 3.05) is 46.4 Å². The first-order valence-electron chi connectivity index (χ1n) is 8.29. The van der Waals surface area contributed by atoms with Crippen LogP contribution < -0.4 is 4.74 Å². The maximum atomic E-state index is 12.7. The molecule has 7 nitrogen and oxygen atoms in total. The summed E-state index contributed by atoms with van der Waals surface area (Å²) in [5.74, 6) is 0.543. The summed E-state index contributed by atoms with van der Waals surface area (Å²) in [6.45, 7) is 3.37. The average molecular weight is 331 g/mol. The lowest BCUT2D eigenvalue weighted by molar-refractivity contribution is 0.0441. The molecule has 0 radical (unpaired) electrons. The van der Waals surface area contributed by atoms with Crippen LogP contribution in [0.4, 0.5) is 4.79 Å². The third-order valence-corrected chi connectivity index (χ3v) is 5.00. The van der Waals surface area contributed by atoms with Crippen molar-refractivity contribution in [3.05, 3.63) is 29.8 Å². The third kappa shape index (κ3) is 2.49. The van der Waals surface area contributed by atoms with Crippen molar-refractivity contribution in [2.45, 2.75) is 12.1 Å². The highest BCUT2D eigenvalue weighted by molar-refractivity contribution is 5.97. The fourth-order valence-corrected chi connectivity index (χ4v) is 3.61. The van der Waals surface area contributed by atoms with E-state index in [-0.39, 0.29) is 24.1 Å². The van der Waals surface area contributed by atoms with Crippen LogP contribution in [-0.2, 0) is 4.74 Å². The maximum Gasteiger partial charge on any atom is 0.320 e. The Morgan fingerprint density at radius 3 is 2.67 bits per heavy atom. The summed E-state index contributed by atoms with van der Waals surface area (Å²) in [4.78, 5) is 30.7. The van der Waals surface area contributed by atoms with Crippen LogP contribution in [0.1, 0.15) is 10.4 Å². The van der Waals surface area contributed by atoms with E-state index < -0.39 is 0 Å². The van der Waals surface area contributed by atoms with Crippen molar-refractivity contribution in [1.29, 1.82) is 0 Å². The summed E-state index contributed by atoms with van der Waals surface area (Å²) in [5, 5.41) is 0. The average Bonchev–Trinajstić information content (AvgIpc) is 3.01. The van der Waals surface area contributed by atoms with E-state index in [4.69, 9.17) is 9.47 Å². The first kappa shape index (κ1) is 15.3. The highest BCUT2D eigenvalue weighted by Crippen LogP contribution is 2.30. The fourth-order valence-electron chi connectivity index (χ4n) is 3.61. The Labute approximate surface area is 140 Å². The minimum atomic E-state index is -0.201. The standard InChI is InChI=1S/C17H21N3O4/c1-18-13-10-20(17(22)19-6-8-23-9-7-19)11-15(13)24-14-5-3-2-4-12(14)16(18)21/h2-5,13,15H,6-11H2,1H3. The van der Waals surface area contributed by atoms with Crippen LogP contribution in [0.15, 0.2) is 24.3 Å². The Bertz CT molecular complexity index is 659. The quantitative estimate of drug-likeness (QED) is 0.700. The third-order valence-electron chi connectivity index (χ3n) is 5.00. The van der Waals surface area contributed by atoms with Crippen LogP contribution in [0, 0.1) is 0 Å². The number of ether oxygens (including phenoxy) is 2. The molecule has 2 unspecified atom stereocenters. The number of hydrogen-bond donors (Lipinski definition) is 0. The summed E-state index contributed by atoms with van der Waals surface area (Å²) in [7, 11) is 1.79. The SMILES string of the molecule is CN1C(=O)c2ccccc2OC2CN(C(=O)N3CCOCC3)CC21. The molecule has 3 aliphatic heterocycles. The molecule has 2 saturated heterocycles. The summed E-state index contributed by atoms with van der Waals surface area (Å²) in [6.07, 6.45) is -0.201. The molecule has 0 aliphatic carbocycles. The fraction of sp³-hybridized carbons (Fsp3) is 0.529. The molecule has 0 saturated carbocycles. The second-order valence-electron chi connectivity index (χ2n) is 6.42. The summed E-state index contributed by atoms with van der Waals surface area (Å²) in [6, 6.07) is 7.17. The highest BCUT2D eigenvalue weighted by atomic mass is 16.5. The number of para-hydroxylation sites is 1. The number of nitrogens with zero attached hydrogens (tertiary/aromatic N) is 3. The van der Waals surface area contributed by atoms with Crippen LogP contribution in [0.25, 0.3) is 0 Å². The number of fused-ring (bicyclic) bond motifs is 2. The lowest BCUT2D eigenvalue weighted by Gasteiger charge is -2.31. The van der Waals surface area contributed by atoms with E-state index in [0.29, 0.717) is 50.7 Å². The monoisotopic (exact) mass is 331 g/mol. The zero-order valence-electron chi connectivity index (χ0n) is 13.7. The molecule has 0 spiro atoms. The van der Waals surface area contributed by atoms with Crippen molar-refractivity contribution in [1.82, 2.24) is 14.7 Å². The molecule has 2 atom stereocenters. The molecule has 7 heteroatoms. The summed E-state index contributed by atoms with van der Waals surface area (Å²) >= 11 is 0. The first-order chi connectivity index (χ1) is 11.6. The maximum absolute atomic E-state index is 12.7. The molecule has 3 amide bonds. The van der Waals surface area contributed by atoms with E-state index in [0.717, 1.165) is 0 Å². The van der Waals surface area contributed by atoms with Crippen LogP contribution >= 0.6 is 0 Å². The second kappa shape index (κ2) is 5.98. The van der Waals surface area contributed by atoms with Gasteiger partial charge in [0.15, 0.2) is 0 Å². The molecule has 24 heavy (non-hydrogen) atoms. The normalized spacial score (nSPS) is 26.5. The Hall–Kier alpha value is -2.28. The van der Waals surface area contributed by atoms with Crippen molar-refractivity contribution >= 4 is 11.9 Å². The molecule has 4 rings (SSSR count). The topological polar surface area (TPSA) is 62.3 Å². The van der Waals surface area contributed by atoms with Gasteiger partial charge in [-0.25, -0.2) is 4.79 Å². The van der Waals surface area contributed by atoms with Crippen molar-refractivity contribution in [2.24, 2.45) is 0 Å². The number of hydrogen-bond acceptors (Lipinski definition) is 4. The summed E-state index contributed by atoms with van der Waals surface area (Å²) in [5.41, 5.74) is 0.584. The van der Waals surface area contributed by atoms with Gasteiger partial charge in [0.05, 0.1) is 31.4 Å². The van der Waals surface area contributed by atoms with Gasteiger partial charge in [-0.1, -0.05) is 12.1 Å². The lowest BCUT2D eigenvalue weighted by atomic mass is 10.1. The van der Waals surface area contributed by atoms with Crippen LogP contribution in [0.2, 0.25) is 0 Å². The van der Waals surface area contributed by atoms with Gasteiger partial charge in [0, 0.05) is 26.7 Å². The number of amides is 3. The number of rotatable bonds is 0. The van der Waals surface area contributed by atoms with Gasteiger partial charge in [-0.3, -0.25) is 4.79 Å². The first-order valence-corrected chi connectivity index (χ1v) is 8.29. The van der Waals surface area contributed by atoms with E-state index >= 15 is 0 Å². The van der Waals surface area contributed by atoms with Gasteiger partial charge in [0.25, 0.3) is 5.91 Å². The zero-order valence-corrected chi connectivity index (χ0v) is 13.7. The number of urea groups is 1. The highest BCUT2D eigenvalue weighted by Gasteiger charge is 2.44. The largest absolute Gasteiger partial charge is 0.486 e. The zero-order chi connectivity index (χ0) is 16.7. The van der Waals surface area contributed by atoms with Gasteiger partial charge < -0.3 is 24.2 Å². The number of carbonyl (C=O) groups is 2. The molecular weight excluding hydrogens is 310 g/mol. The molecular formula is C17H21N3O4. The number of likely N-dealkylation sites (tertiary alicyclic amines) is 1. The molecule has 0 bridgehead atoms.